The second kappa shape index (κ2) is 7.95. The summed E-state index contributed by atoms with van der Waals surface area (Å²) in [6.07, 6.45) is 3.58. The lowest BCUT2D eigenvalue weighted by atomic mass is 9.95. The summed E-state index contributed by atoms with van der Waals surface area (Å²) in [5, 5.41) is 3.28. The molecule has 0 aliphatic carbocycles. The first kappa shape index (κ1) is 17.3. The molecule has 0 aromatic heterocycles. The fraction of sp³-hybridized carbons (Fsp3) is 0.588. The fourth-order valence-electron chi connectivity index (χ4n) is 3.37. The molecule has 0 radical (unpaired) electrons. The Labute approximate surface area is 138 Å². The minimum absolute atomic E-state index is 0. The molecule has 122 valence electrons. The van der Waals surface area contributed by atoms with E-state index in [2.05, 4.69) is 23.5 Å². The summed E-state index contributed by atoms with van der Waals surface area (Å²) in [6.45, 7) is 2.42. The molecule has 2 aliphatic heterocycles. The summed E-state index contributed by atoms with van der Waals surface area (Å²) in [7, 11) is 1.97. The van der Waals surface area contributed by atoms with Crippen molar-refractivity contribution in [3.05, 3.63) is 35.4 Å². The van der Waals surface area contributed by atoms with E-state index < -0.39 is 0 Å². The van der Waals surface area contributed by atoms with Crippen molar-refractivity contribution >= 4 is 18.3 Å². The van der Waals surface area contributed by atoms with Gasteiger partial charge in [-0.3, -0.25) is 4.79 Å². The van der Waals surface area contributed by atoms with Gasteiger partial charge < -0.3 is 15.0 Å². The molecule has 5 heteroatoms. The zero-order valence-electron chi connectivity index (χ0n) is 13.1. The van der Waals surface area contributed by atoms with Crippen LogP contribution >= 0.6 is 12.4 Å². The first-order chi connectivity index (χ1) is 10.3. The molecule has 3 rings (SSSR count). The van der Waals surface area contributed by atoms with Gasteiger partial charge in [0.15, 0.2) is 0 Å². The molecule has 2 heterocycles. The molecule has 1 aromatic rings. The van der Waals surface area contributed by atoms with Crippen LogP contribution in [0.3, 0.4) is 0 Å². The average molecular weight is 325 g/mol. The van der Waals surface area contributed by atoms with Crippen LogP contribution in [0.4, 0.5) is 0 Å². The van der Waals surface area contributed by atoms with Crippen molar-refractivity contribution in [1.29, 1.82) is 0 Å². The van der Waals surface area contributed by atoms with E-state index in [1.54, 1.807) is 0 Å². The van der Waals surface area contributed by atoms with Crippen molar-refractivity contribution in [3.8, 4) is 0 Å². The lowest BCUT2D eigenvalue weighted by molar-refractivity contribution is -0.136. The zero-order chi connectivity index (χ0) is 14.7. The highest BCUT2D eigenvalue weighted by atomic mass is 35.5. The Morgan fingerprint density at radius 3 is 3.05 bits per heavy atom. The van der Waals surface area contributed by atoms with E-state index in [-0.39, 0.29) is 24.4 Å². The van der Waals surface area contributed by atoms with Crippen LogP contribution in [0.2, 0.25) is 0 Å². The van der Waals surface area contributed by atoms with Gasteiger partial charge in [-0.05, 0) is 37.4 Å². The number of piperidine rings is 1. The minimum Gasteiger partial charge on any atom is -0.373 e. The molecular weight excluding hydrogens is 300 g/mol. The summed E-state index contributed by atoms with van der Waals surface area (Å²) in [5.41, 5.74) is 2.52. The molecule has 2 atom stereocenters. The Kier molecular flexibility index (Phi) is 6.24. The number of likely N-dealkylation sites (tertiary alicyclic amines) is 1. The Hall–Kier alpha value is -1.10. The molecule has 1 amide bonds. The van der Waals surface area contributed by atoms with E-state index in [0.717, 1.165) is 32.4 Å². The molecule has 1 N–H and O–H groups in total. The first-order valence-corrected chi connectivity index (χ1v) is 7.92. The van der Waals surface area contributed by atoms with Gasteiger partial charge in [0.1, 0.15) is 0 Å². The maximum atomic E-state index is 12.6. The zero-order valence-corrected chi connectivity index (χ0v) is 13.9. The molecule has 0 bridgehead atoms. The van der Waals surface area contributed by atoms with Crippen molar-refractivity contribution in [2.24, 2.45) is 0 Å². The summed E-state index contributed by atoms with van der Waals surface area (Å²) in [4.78, 5) is 14.5. The number of likely N-dealkylation sites (N-methyl/N-ethyl adjacent to an activating group) is 1. The van der Waals surface area contributed by atoms with Crippen molar-refractivity contribution in [2.75, 3.05) is 26.7 Å². The third-order valence-electron chi connectivity index (χ3n) is 4.63. The Balaban J connectivity index is 0.00000176. The van der Waals surface area contributed by atoms with Gasteiger partial charge in [-0.2, -0.15) is 0 Å². The monoisotopic (exact) mass is 324 g/mol. The van der Waals surface area contributed by atoms with Crippen molar-refractivity contribution in [2.45, 2.75) is 37.8 Å². The first-order valence-electron chi connectivity index (χ1n) is 7.92. The number of ether oxygens (including phenoxy) is 1. The molecular formula is C17H25ClN2O2. The van der Waals surface area contributed by atoms with E-state index in [9.17, 15) is 4.79 Å². The van der Waals surface area contributed by atoms with Crippen LogP contribution in [-0.4, -0.2) is 43.6 Å². The van der Waals surface area contributed by atoms with Gasteiger partial charge >= 0.3 is 0 Å². The van der Waals surface area contributed by atoms with Crippen LogP contribution in [0.15, 0.2) is 24.3 Å². The normalized spacial score (nSPS) is 24.3. The largest absolute Gasteiger partial charge is 0.373 e. The standard InChI is InChI=1S/C17H24N2O2.ClH/c1-18-14-6-4-9-19(12-14)17(20)11-16-15-7-3-2-5-13(15)8-10-21-16;/h2-3,5,7,14,16,18H,4,6,8-12H2,1H3;1H. The number of hydrogen-bond acceptors (Lipinski definition) is 3. The number of nitrogens with zero attached hydrogens (tertiary/aromatic N) is 1. The van der Waals surface area contributed by atoms with E-state index in [0.29, 0.717) is 19.1 Å². The summed E-state index contributed by atoms with van der Waals surface area (Å²) < 4.78 is 5.86. The number of benzene rings is 1. The molecule has 0 saturated carbocycles. The van der Waals surface area contributed by atoms with Crippen LogP contribution in [0, 0.1) is 0 Å². The van der Waals surface area contributed by atoms with Crippen molar-refractivity contribution in [1.82, 2.24) is 10.2 Å². The van der Waals surface area contributed by atoms with Gasteiger partial charge in [0.25, 0.3) is 0 Å². The minimum atomic E-state index is -0.0718. The maximum absolute atomic E-state index is 12.6. The maximum Gasteiger partial charge on any atom is 0.225 e. The number of hydrogen-bond donors (Lipinski definition) is 1. The summed E-state index contributed by atoms with van der Waals surface area (Å²) in [6, 6.07) is 8.77. The molecule has 2 unspecified atom stereocenters. The molecule has 1 fully saturated rings. The van der Waals surface area contributed by atoms with Gasteiger partial charge in [0, 0.05) is 19.1 Å². The lowest BCUT2D eigenvalue weighted by Gasteiger charge is -2.34. The highest BCUT2D eigenvalue weighted by Gasteiger charge is 2.28. The Morgan fingerprint density at radius 2 is 2.23 bits per heavy atom. The Morgan fingerprint density at radius 1 is 1.41 bits per heavy atom. The molecule has 1 aromatic carbocycles. The van der Waals surface area contributed by atoms with E-state index >= 15 is 0 Å². The van der Waals surface area contributed by atoms with Gasteiger partial charge in [-0.15, -0.1) is 12.4 Å². The lowest BCUT2D eigenvalue weighted by Crippen LogP contribution is -2.47. The molecule has 2 aliphatic rings. The van der Waals surface area contributed by atoms with Gasteiger partial charge in [0.05, 0.1) is 19.1 Å². The average Bonchev–Trinajstić information content (AvgIpc) is 2.55. The number of carbonyl (C=O) groups excluding carboxylic acids is 1. The second-order valence-corrected chi connectivity index (χ2v) is 5.98. The van der Waals surface area contributed by atoms with Crippen LogP contribution in [0.5, 0.6) is 0 Å². The number of halogens is 1. The smallest absolute Gasteiger partial charge is 0.225 e. The van der Waals surface area contributed by atoms with Gasteiger partial charge in [-0.1, -0.05) is 24.3 Å². The van der Waals surface area contributed by atoms with Crippen LogP contribution in [-0.2, 0) is 16.0 Å². The topological polar surface area (TPSA) is 41.6 Å². The number of carbonyl (C=O) groups is 1. The Bertz CT molecular complexity index is 509. The van der Waals surface area contributed by atoms with E-state index in [1.165, 1.54) is 11.1 Å². The second-order valence-electron chi connectivity index (χ2n) is 5.98. The highest BCUT2D eigenvalue weighted by molar-refractivity contribution is 5.85. The SMILES string of the molecule is CNC1CCCN(C(=O)CC2OCCc3ccccc32)C1.Cl. The van der Waals surface area contributed by atoms with Crippen molar-refractivity contribution < 1.29 is 9.53 Å². The predicted octanol–water partition coefficient (Wildman–Crippen LogP) is 2.32. The number of amides is 1. The van der Waals surface area contributed by atoms with Crippen LogP contribution < -0.4 is 5.32 Å². The molecule has 0 spiro atoms. The summed E-state index contributed by atoms with van der Waals surface area (Å²) >= 11 is 0. The van der Waals surface area contributed by atoms with Gasteiger partial charge in [0.2, 0.25) is 5.91 Å². The highest BCUT2D eigenvalue weighted by Crippen LogP contribution is 2.30. The molecule has 1 saturated heterocycles. The molecule has 4 nitrogen and oxygen atoms in total. The van der Waals surface area contributed by atoms with Crippen LogP contribution in [0.25, 0.3) is 0 Å². The van der Waals surface area contributed by atoms with E-state index in [4.69, 9.17) is 4.74 Å². The number of rotatable bonds is 3. The van der Waals surface area contributed by atoms with E-state index in [1.807, 2.05) is 18.0 Å². The third-order valence-corrected chi connectivity index (χ3v) is 4.63. The quantitative estimate of drug-likeness (QED) is 0.927. The predicted molar refractivity (Wildman–Crippen MR) is 89.4 cm³/mol. The third kappa shape index (κ3) is 3.80. The van der Waals surface area contributed by atoms with Crippen molar-refractivity contribution in [3.63, 3.8) is 0 Å². The number of fused-ring (bicyclic) bond motifs is 1. The number of nitrogens with one attached hydrogen (secondary N) is 1. The summed E-state index contributed by atoms with van der Waals surface area (Å²) in [5.74, 6) is 0.219. The fourth-order valence-corrected chi connectivity index (χ4v) is 3.37. The van der Waals surface area contributed by atoms with Crippen LogP contribution in [0.1, 0.15) is 36.5 Å². The molecule has 22 heavy (non-hydrogen) atoms. The van der Waals surface area contributed by atoms with Gasteiger partial charge in [-0.25, -0.2) is 0 Å².